The molecule has 1 aromatic rings. The Morgan fingerprint density at radius 1 is 1.47 bits per heavy atom. The van der Waals surface area contributed by atoms with Gasteiger partial charge >= 0.3 is 0 Å². The molecular formula is C11H18N4. The van der Waals surface area contributed by atoms with Crippen LogP contribution < -0.4 is 5.32 Å². The topological polar surface area (TPSA) is 44.0 Å². The zero-order chi connectivity index (χ0) is 10.1. The zero-order valence-electron chi connectivity index (χ0n) is 8.95. The Kier molecular flexibility index (Phi) is 2.46. The summed E-state index contributed by atoms with van der Waals surface area (Å²) in [7, 11) is 0. The number of nitrogens with one attached hydrogen (secondary N) is 2. The predicted molar refractivity (Wildman–Crippen MR) is 58.4 cm³/mol. The number of nitrogens with zero attached hydrogens (tertiary/aromatic N) is 2. The van der Waals surface area contributed by atoms with Gasteiger partial charge in [-0.05, 0) is 31.8 Å². The molecule has 15 heavy (non-hydrogen) atoms. The van der Waals surface area contributed by atoms with Crippen LogP contribution in [-0.4, -0.2) is 40.5 Å². The van der Waals surface area contributed by atoms with Crippen LogP contribution in [-0.2, 0) is 6.54 Å². The number of hydrogen-bond donors (Lipinski definition) is 2. The maximum absolute atomic E-state index is 4.23. The van der Waals surface area contributed by atoms with Crippen molar-refractivity contribution in [1.29, 1.82) is 0 Å². The van der Waals surface area contributed by atoms with Gasteiger partial charge in [0.1, 0.15) is 5.82 Å². The highest BCUT2D eigenvalue weighted by Crippen LogP contribution is 2.27. The summed E-state index contributed by atoms with van der Waals surface area (Å²) in [5.74, 6) is 1.92. The molecule has 4 heteroatoms. The fraction of sp³-hybridized carbons (Fsp3) is 0.727. The van der Waals surface area contributed by atoms with Gasteiger partial charge in [0.05, 0.1) is 6.54 Å². The van der Waals surface area contributed by atoms with Gasteiger partial charge in [-0.15, -0.1) is 0 Å². The van der Waals surface area contributed by atoms with E-state index in [1.807, 2.05) is 12.4 Å². The molecule has 3 rings (SSSR count). The quantitative estimate of drug-likeness (QED) is 0.761. The molecule has 0 radical (unpaired) electrons. The molecule has 2 aliphatic rings. The molecular weight excluding hydrogens is 188 g/mol. The Morgan fingerprint density at radius 2 is 2.40 bits per heavy atom. The van der Waals surface area contributed by atoms with Gasteiger partial charge in [0.2, 0.25) is 0 Å². The third kappa shape index (κ3) is 1.92. The molecule has 3 atom stereocenters. The maximum Gasteiger partial charge on any atom is 0.120 e. The molecule has 0 spiro atoms. The van der Waals surface area contributed by atoms with Crippen LogP contribution in [0.2, 0.25) is 0 Å². The predicted octanol–water partition coefficient (Wildman–Crippen LogP) is 0.593. The fourth-order valence-electron chi connectivity index (χ4n) is 2.84. The molecule has 2 saturated heterocycles. The van der Waals surface area contributed by atoms with Crippen LogP contribution in [0, 0.1) is 5.92 Å². The lowest BCUT2D eigenvalue weighted by atomic mass is 9.94. The highest BCUT2D eigenvalue weighted by atomic mass is 15.2. The Hall–Kier alpha value is -0.870. The molecule has 82 valence electrons. The smallest absolute Gasteiger partial charge is 0.120 e. The van der Waals surface area contributed by atoms with E-state index in [0.29, 0.717) is 6.04 Å². The van der Waals surface area contributed by atoms with Crippen molar-refractivity contribution in [2.45, 2.75) is 25.4 Å². The lowest BCUT2D eigenvalue weighted by molar-refractivity contribution is 0.219. The minimum absolute atomic E-state index is 0.703. The molecule has 3 heterocycles. The van der Waals surface area contributed by atoms with Crippen LogP contribution in [0.25, 0.3) is 0 Å². The van der Waals surface area contributed by atoms with Crippen LogP contribution in [0.4, 0.5) is 0 Å². The summed E-state index contributed by atoms with van der Waals surface area (Å²) >= 11 is 0. The SMILES string of the molecule is c1c[nH]c(CNC2CCN3CCC2C3)n1. The van der Waals surface area contributed by atoms with Crippen molar-refractivity contribution < 1.29 is 0 Å². The number of rotatable bonds is 3. The Balaban J connectivity index is 1.55. The summed E-state index contributed by atoms with van der Waals surface area (Å²) < 4.78 is 0. The van der Waals surface area contributed by atoms with E-state index >= 15 is 0 Å². The highest BCUT2D eigenvalue weighted by molar-refractivity contribution is 4.93. The molecule has 0 saturated carbocycles. The molecule has 0 aliphatic carbocycles. The van der Waals surface area contributed by atoms with Gasteiger partial charge in [0.25, 0.3) is 0 Å². The molecule has 2 aliphatic heterocycles. The fourth-order valence-corrected chi connectivity index (χ4v) is 2.84. The first-order valence-corrected chi connectivity index (χ1v) is 5.86. The van der Waals surface area contributed by atoms with Crippen LogP contribution in [0.1, 0.15) is 18.7 Å². The van der Waals surface area contributed by atoms with E-state index in [4.69, 9.17) is 0 Å². The Morgan fingerprint density at radius 3 is 3.27 bits per heavy atom. The van der Waals surface area contributed by atoms with E-state index in [2.05, 4.69) is 20.2 Å². The van der Waals surface area contributed by atoms with Crippen LogP contribution in [0.3, 0.4) is 0 Å². The number of hydrogen-bond acceptors (Lipinski definition) is 3. The molecule has 2 fully saturated rings. The highest BCUT2D eigenvalue weighted by Gasteiger charge is 2.33. The average molecular weight is 206 g/mol. The number of imidazole rings is 1. The van der Waals surface area contributed by atoms with Gasteiger partial charge in [-0.3, -0.25) is 0 Å². The van der Waals surface area contributed by atoms with Crippen molar-refractivity contribution in [2.24, 2.45) is 5.92 Å². The molecule has 0 amide bonds. The lowest BCUT2D eigenvalue weighted by Gasteiger charge is -2.30. The number of aromatic amines is 1. The average Bonchev–Trinajstić information content (AvgIpc) is 2.88. The lowest BCUT2D eigenvalue weighted by Crippen LogP contribution is -2.43. The van der Waals surface area contributed by atoms with E-state index in [1.165, 1.54) is 32.5 Å². The molecule has 0 aromatic carbocycles. The summed E-state index contributed by atoms with van der Waals surface area (Å²) in [5.41, 5.74) is 0. The molecule has 4 nitrogen and oxygen atoms in total. The largest absolute Gasteiger partial charge is 0.348 e. The van der Waals surface area contributed by atoms with E-state index in [1.54, 1.807) is 0 Å². The first kappa shape index (κ1) is 9.36. The minimum atomic E-state index is 0.703. The molecule has 2 bridgehead atoms. The number of piperidine rings is 1. The first-order valence-electron chi connectivity index (χ1n) is 5.86. The Labute approximate surface area is 90.1 Å². The van der Waals surface area contributed by atoms with E-state index in [-0.39, 0.29) is 0 Å². The van der Waals surface area contributed by atoms with Gasteiger partial charge in [-0.1, -0.05) is 0 Å². The Bertz CT molecular complexity index is 308. The number of aromatic nitrogens is 2. The van der Waals surface area contributed by atoms with Crippen molar-refractivity contribution in [3.63, 3.8) is 0 Å². The zero-order valence-corrected chi connectivity index (χ0v) is 8.95. The normalized spacial score (nSPS) is 34.5. The van der Waals surface area contributed by atoms with Gasteiger partial charge in [0.15, 0.2) is 0 Å². The summed E-state index contributed by atoms with van der Waals surface area (Å²) in [6.07, 6.45) is 6.37. The monoisotopic (exact) mass is 206 g/mol. The van der Waals surface area contributed by atoms with Gasteiger partial charge in [-0.25, -0.2) is 4.98 Å². The van der Waals surface area contributed by atoms with Gasteiger partial charge in [0, 0.05) is 25.0 Å². The molecule has 1 aromatic heterocycles. The third-order valence-corrected chi connectivity index (χ3v) is 3.72. The van der Waals surface area contributed by atoms with Crippen molar-refractivity contribution in [3.8, 4) is 0 Å². The second kappa shape index (κ2) is 3.94. The summed E-state index contributed by atoms with van der Waals surface area (Å²) in [5, 5.41) is 3.63. The van der Waals surface area contributed by atoms with Gasteiger partial charge < -0.3 is 15.2 Å². The van der Waals surface area contributed by atoms with E-state index < -0.39 is 0 Å². The third-order valence-electron chi connectivity index (χ3n) is 3.72. The molecule has 3 unspecified atom stereocenters. The first-order chi connectivity index (χ1) is 7.42. The second-order valence-electron chi connectivity index (χ2n) is 4.66. The number of H-pyrrole nitrogens is 1. The minimum Gasteiger partial charge on any atom is -0.348 e. The van der Waals surface area contributed by atoms with Crippen molar-refractivity contribution in [2.75, 3.05) is 19.6 Å². The van der Waals surface area contributed by atoms with Crippen molar-refractivity contribution >= 4 is 0 Å². The van der Waals surface area contributed by atoms with Crippen LogP contribution in [0.5, 0.6) is 0 Å². The summed E-state index contributed by atoms with van der Waals surface area (Å²) in [6, 6.07) is 0.703. The second-order valence-corrected chi connectivity index (χ2v) is 4.66. The van der Waals surface area contributed by atoms with E-state index in [9.17, 15) is 0 Å². The standard InChI is InChI=1S/C11H18N4/c1-5-15-6-2-10(9(1)8-15)14-7-11-12-3-4-13-11/h3-4,9-10,14H,1-2,5-8H2,(H,12,13). The maximum atomic E-state index is 4.23. The van der Waals surface area contributed by atoms with Crippen LogP contribution >= 0.6 is 0 Å². The molecule has 2 N–H and O–H groups in total. The van der Waals surface area contributed by atoms with E-state index in [0.717, 1.165) is 18.3 Å². The van der Waals surface area contributed by atoms with Gasteiger partial charge in [-0.2, -0.15) is 0 Å². The summed E-state index contributed by atoms with van der Waals surface area (Å²) in [6.45, 7) is 4.76. The number of fused-ring (bicyclic) bond motifs is 2. The van der Waals surface area contributed by atoms with Crippen LogP contribution in [0.15, 0.2) is 12.4 Å². The van der Waals surface area contributed by atoms with Crippen molar-refractivity contribution in [3.05, 3.63) is 18.2 Å². The summed E-state index contributed by atoms with van der Waals surface area (Å²) in [4.78, 5) is 9.95. The van der Waals surface area contributed by atoms with Crippen molar-refractivity contribution in [1.82, 2.24) is 20.2 Å².